The normalized spacial score (nSPS) is 24.8. The molecule has 1 aliphatic carbocycles. The van der Waals surface area contributed by atoms with Crippen LogP contribution < -0.4 is 0 Å². The lowest BCUT2D eigenvalue weighted by Gasteiger charge is -2.34. The zero-order chi connectivity index (χ0) is 15.4. The van der Waals surface area contributed by atoms with Gasteiger partial charge in [-0.1, -0.05) is 24.3 Å². The zero-order valence-corrected chi connectivity index (χ0v) is 12.5. The Kier molecular flexibility index (Phi) is 2.67. The monoisotopic (exact) mass is 304 g/mol. The first-order valence-electron chi connectivity index (χ1n) is 7.93. The minimum absolute atomic E-state index is 0.114. The van der Waals surface area contributed by atoms with Gasteiger partial charge in [-0.25, -0.2) is 4.98 Å². The van der Waals surface area contributed by atoms with Gasteiger partial charge in [-0.3, -0.25) is 0 Å². The standard InChI is InChI=1S/C18H16N4O/c23-18-14(6-5-11-7-20-21-8-15(11)18)17-13-4-2-1-3-12(13)16-9-19-10-22(16)17/h1-4,7-10,14,17-18,23H,5-6H2/t14-,17?,18-/m1/s1. The van der Waals surface area contributed by atoms with Gasteiger partial charge in [-0.05, 0) is 24.0 Å². The molecule has 0 saturated carbocycles. The van der Waals surface area contributed by atoms with Crippen molar-refractivity contribution in [3.63, 3.8) is 0 Å². The highest BCUT2D eigenvalue weighted by Gasteiger charge is 2.40. The summed E-state index contributed by atoms with van der Waals surface area (Å²) in [5.41, 5.74) is 5.67. The molecule has 2 aromatic heterocycles. The largest absolute Gasteiger partial charge is 0.388 e. The fourth-order valence-electron chi connectivity index (χ4n) is 4.18. The van der Waals surface area contributed by atoms with Gasteiger partial charge in [0, 0.05) is 17.0 Å². The first kappa shape index (κ1) is 13.0. The third-order valence-electron chi connectivity index (χ3n) is 5.25. The Morgan fingerprint density at radius 2 is 1.91 bits per heavy atom. The lowest BCUT2D eigenvalue weighted by Crippen LogP contribution is -2.28. The van der Waals surface area contributed by atoms with E-state index in [1.807, 2.05) is 12.5 Å². The van der Waals surface area contributed by atoms with E-state index in [0.717, 1.165) is 29.7 Å². The third-order valence-corrected chi connectivity index (χ3v) is 5.25. The van der Waals surface area contributed by atoms with E-state index in [0.29, 0.717) is 0 Å². The maximum Gasteiger partial charge on any atom is 0.0956 e. The molecule has 5 heteroatoms. The van der Waals surface area contributed by atoms with Crippen LogP contribution in [0.4, 0.5) is 0 Å². The summed E-state index contributed by atoms with van der Waals surface area (Å²) in [7, 11) is 0. The van der Waals surface area contributed by atoms with Gasteiger partial charge in [-0.2, -0.15) is 10.2 Å². The molecule has 1 aliphatic heterocycles. The smallest absolute Gasteiger partial charge is 0.0956 e. The zero-order valence-electron chi connectivity index (χ0n) is 12.5. The number of hydrogen-bond donors (Lipinski definition) is 1. The maximum absolute atomic E-state index is 11.0. The predicted octanol–water partition coefficient (Wildman–Crippen LogP) is 2.54. The molecule has 5 nitrogen and oxygen atoms in total. The Morgan fingerprint density at radius 1 is 1.04 bits per heavy atom. The average Bonchev–Trinajstić information content (AvgIpc) is 3.17. The minimum Gasteiger partial charge on any atom is -0.388 e. The van der Waals surface area contributed by atoms with Gasteiger partial charge in [0.1, 0.15) is 0 Å². The second-order valence-electron chi connectivity index (χ2n) is 6.34. The SMILES string of the molecule is O[C@H]1c2cnncc2CC[C@@H]1C1c2ccccc2-c2cncn21. The number of hydrogen-bond acceptors (Lipinski definition) is 4. The molecule has 3 aromatic rings. The van der Waals surface area contributed by atoms with E-state index < -0.39 is 6.10 Å². The van der Waals surface area contributed by atoms with Crippen molar-refractivity contribution < 1.29 is 5.11 Å². The van der Waals surface area contributed by atoms with E-state index in [9.17, 15) is 5.11 Å². The Balaban J connectivity index is 1.64. The molecule has 0 amide bonds. The van der Waals surface area contributed by atoms with Crippen LogP contribution in [0.15, 0.2) is 49.2 Å². The summed E-state index contributed by atoms with van der Waals surface area (Å²) in [4.78, 5) is 4.32. The van der Waals surface area contributed by atoms with Crippen LogP contribution in [0.3, 0.4) is 0 Å². The van der Waals surface area contributed by atoms with Crippen molar-refractivity contribution in [2.45, 2.75) is 25.0 Å². The second kappa shape index (κ2) is 4.73. The van der Waals surface area contributed by atoms with E-state index in [-0.39, 0.29) is 12.0 Å². The van der Waals surface area contributed by atoms with Crippen LogP contribution in [-0.4, -0.2) is 24.9 Å². The molecule has 0 spiro atoms. The summed E-state index contributed by atoms with van der Waals surface area (Å²) in [6.45, 7) is 0. The molecule has 0 fully saturated rings. The van der Waals surface area contributed by atoms with Crippen LogP contribution in [0.5, 0.6) is 0 Å². The van der Waals surface area contributed by atoms with Crippen LogP contribution in [0.25, 0.3) is 11.3 Å². The highest BCUT2D eigenvalue weighted by molar-refractivity contribution is 5.69. The van der Waals surface area contributed by atoms with Gasteiger partial charge in [0.15, 0.2) is 0 Å². The van der Waals surface area contributed by atoms with Gasteiger partial charge in [0.05, 0.1) is 42.8 Å². The van der Waals surface area contributed by atoms with E-state index in [1.54, 1.807) is 12.4 Å². The van der Waals surface area contributed by atoms with Crippen molar-refractivity contribution in [3.05, 3.63) is 65.9 Å². The number of rotatable bonds is 1. The summed E-state index contributed by atoms with van der Waals surface area (Å²) in [5.74, 6) is 0.114. The summed E-state index contributed by atoms with van der Waals surface area (Å²) in [5, 5.41) is 18.9. The highest BCUT2D eigenvalue weighted by atomic mass is 16.3. The molecule has 3 atom stereocenters. The molecule has 0 bridgehead atoms. The van der Waals surface area contributed by atoms with Crippen LogP contribution in [0, 0.1) is 5.92 Å². The predicted molar refractivity (Wildman–Crippen MR) is 84.6 cm³/mol. The van der Waals surface area contributed by atoms with Crippen molar-refractivity contribution in [2.24, 2.45) is 5.92 Å². The lowest BCUT2D eigenvalue weighted by molar-refractivity contribution is 0.0714. The second-order valence-corrected chi connectivity index (χ2v) is 6.34. The summed E-state index contributed by atoms with van der Waals surface area (Å²) >= 11 is 0. The highest BCUT2D eigenvalue weighted by Crippen LogP contribution is 2.49. The summed E-state index contributed by atoms with van der Waals surface area (Å²) in [6.07, 6.45) is 8.61. The molecule has 0 radical (unpaired) electrons. The van der Waals surface area contributed by atoms with Crippen molar-refractivity contribution in [1.29, 1.82) is 0 Å². The number of aliphatic hydroxyl groups is 1. The Morgan fingerprint density at radius 3 is 2.87 bits per heavy atom. The fraction of sp³-hybridized carbons (Fsp3) is 0.278. The molecule has 3 heterocycles. The van der Waals surface area contributed by atoms with Crippen LogP contribution in [0.1, 0.15) is 35.3 Å². The quantitative estimate of drug-likeness (QED) is 0.750. The number of benzene rings is 1. The molecule has 1 aromatic carbocycles. The Labute approximate surface area is 133 Å². The number of imidazole rings is 1. The van der Waals surface area contributed by atoms with Crippen molar-refractivity contribution in [3.8, 4) is 11.3 Å². The molecule has 23 heavy (non-hydrogen) atoms. The van der Waals surface area contributed by atoms with Gasteiger partial charge in [-0.15, -0.1) is 0 Å². The number of nitrogens with zero attached hydrogens (tertiary/aromatic N) is 4. The average molecular weight is 304 g/mol. The molecular formula is C18H16N4O. The summed E-state index contributed by atoms with van der Waals surface area (Å²) < 4.78 is 2.21. The number of aryl methyl sites for hydroxylation is 1. The first-order chi connectivity index (χ1) is 11.3. The topological polar surface area (TPSA) is 63.8 Å². The van der Waals surface area contributed by atoms with Gasteiger partial charge in [0.2, 0.25) is 0 Å². The van der Waals surface area contributed by atoms with Gasteiger partial charge in [0.25, 0.3) is 0 Å². The van der Waals surface area contributed by atoms with E-state index in [4.69, 9.17) is 0 Å². The molecule has 0 saturated heterocycles. The number of aromatic nitrogens is 4. The molecule has 1 unspecified atom stereocenters. The molecular weight excluding hydrogens is 288 g/mol. The Hall–Kier alpha value is -2.53. The molecule has 1 N–H and O–H groups in total. The minimum atomic E-state index is -0.527. The Bertz CT molecular complexity index is 888. The van der Waals surface area contributed by atoms with Gasteiger partial charge >= 0.3 is 0 Å². The summed E-state index contributed by atoms with van der Waals surface area (Å²) in [6, 6.07) is 8.55. The fourth-order valence-corrected chi connectivity index (χ4v) is 4.18. The van der Waals surface area contributed by atoms with Crippen molar-refractivity contribution >= 4 is 0 Å². The van der Waals surface area contributed by atoms with Gasteiger partial charge < -0.3 is 9.67 Å². The van der Waals surface area contributed by atoms with E-state index >= 15 is 0 Å². The van der Waals surface area contributed by atoms with Crippen molar-refractivity contribution in [2.75, 3.05) is 0 Å². The molecule has 114 valence electrons. The van der Waals surface area contributed by atoms with E-state index in [1.165, 1.54) is 11.1 Å². The molecule has 5 rings (SSSR count). The van der Waals surface area contributed by atoms with Crippen LogP contribution in [0.2, 0.25) is 0 Å². The van der Waals surface area contributed by atoms with Crippen LogP contribution >= 0.6 is 0 Å². The maximum atomic E-state index is 11.0. The first-order valence-corrected chi connectivity index (χ1v) is 7.93. The van der Waals surface area contributed by atoms with Crippen molar-refractivity contribution in [1.82, 2.24) is 19.7 Å². The number of fused-ring (bicyclic) bond motifs is 4. The number of aliphatic hydroxyl groups excluding tert-OH is 1. The van der Waals surface area contributed by atoms with E-state index in [2.05, 4.69) is 44.0 Å². The molecule has 2 aliphatic rings. The third kappa shape index (κ3) is 1.74. The lowest BCUT2D eigenvalue weighted by atomic mass is 9.77. The van der Waals surface area contributed by atoms with Crippen LogP contribution in [-0.2, 0) is 6.42 Å².